The summed E-state index contributed by atoms with van der Waals surface area (Å²) in [4.78, 5) is 3.13. The second-order valence-corrected chi connectivity index (χ2v) is 2.91. The van der Waals surface area contributed by atoms with Gasteiger partial charge in [-0.15, -0.1) is 0 Å². The van der Waals surface area contributed by atoms with Crippen molar-refractivity contribution in [1.82, 2.24) is 4.98 Å². The minimum absolute atomic E-state index is 0.199. The van der Waals surface area contributed by atoms with E-state index < -0.39 is 11.9 Å². The molecule has 0 aromatic carbocycles. The van der Waals surface area contributed by atoms with Gasteiger partial charge in [0.2, 0.25) is 0 Å². The zero-order valence-corrected chi connectivity index (χ0v) is 7.28. The first kappa shape index (κ1) is 9.31. The standard InChI is InChI=1S/C6H4BrF3N2/c7-3-1-2-12-5(4(3)11)6(8,9)10/h1-2H,11H2. The summed E-state index contributed by atoms with van der Waals surface area (Å²) in [6.45, 7) is 0. The van der Waals surface area contributed by atoms with E-state index in [1.807, 2.05) is 0 Å². The van der Waals surface area contributed by atoms with E-state index in [4.69, 9.17) is 5.73 Å². The van der Waals surface area contributed by atoms with Gasteiger partial charge >= 0.3 is 6.18 Å². The van der Waals surface area contributed by atoms with Crippen LogP contribution in [-0.2, 0) is 6.18 Å². The number of pyridine rings is 1. The van der Waals surface area contributed by atoms with Crippen LogP contribution in [0.2, 0.25) is 0 Å². The topological polar surface area (TPSA) is 38.9 Å². The maximum absolute atomic E-state index is 12.1. The third-order valence-electron chi connectivity index (χ3n) is 1.21. The third-order valence-corrected chi connectivity index (χ3v) is 1.90. The number of hydrogen-bond donors (Lipinski definition) is 1. The summed E-state index contributed by atoms with van der Waals surface area (Å²) in [7, 11) is 0. The molecule has 1 rings (SSSR count). The lowest BCUT2D eigenvalue weighted by Crippen LogP contribution is -2.11. The van der Waals surface area contributed by atoms with Crippen molar-refractivity contribution in [3.8, 4) is 0 Å². The Hall–Kier alpha value is -0.780. The molecule has 2 N–H and O–H groups in total. The lowest BCUT2D eigenvalue weighted by atomic mass is 10.3. The molecule has 0 bridgehead atoms. The van der Waals surface area contributed by atoms with Crippen LogP contribution in [0.1, 0.15) is 5.69 Å². The van der Waals surface area contributed by atoms with Gasteiger partial charge in [0.05, 0.1) is 5.69 Å². The number of nitrogens with two attached hydrogens (primary N) is 1. The maximum Gasteiger partial charge on any atom is 0.435 e. The SMILES string of the molecule is Nc1c(Br)ccnc1C(F)(F)F. The molecular weight excluding hydrogens is 237 g/mol. The highest BCUT2D eigenvalue weighted by molar-refractivity contribution is 9.10. The van der Waals surface area contributed by atoms with Crippen molar-refractivity contribution in [3.63, 3.8) is 0 Å². The van der Waals surface area contributed by atoms with Gasteiger partial charge in [-0.05, 0) is 22.0 Å². The van der Waals surface area contributed by atoms with E-state index in [-0.39, 0.29) is 10.2 Å². The highest BCUT2D eigenvalue weighted by Gasteiger charge is 2.35. The first-order chi connectivity index (χ1) is 5.43. The Kier molecular flexibility index (Phi) is 2.27. The molecule has 1 aromatic heterocycles. The zero-order valence-electron chi connectivity index (χ0n) is 5.69. The van der Waals surface area contributed by atoms with E-state index in [0.29, 0.717) is 0 Å². The number of nitrogens with zero attached hydrogens (tertiary/aromatic N) is 1. The van der Waals surface area contributed by atoms with Crippen molar-refractivity contribution < 1.29 is 13.2 Å². The summed E-state index contributed by atoms with van der Waals surface area (Å²) in [5, 5.41) is 0. The second kappa shape index (κ2) is 2.93. The van der Waals surface area contributed by atoms with E-state index in [1.54, 1.807) is 0 Å². The minimum Gasteiger partial charge on any atom is -0.396 e. The zero-order chi connectivity index (χ0) is 9.35. The van der Waals surface area contributed by atoms with Gasteiger partial charge in [0.25, 0.3) is 0 Å². The fourth-order valence-electron chi connectivity index (χ4n) is 0.676. The van der Waals surface area contributed by atoms with E-state index in [2.05, 4.69) is 20.9 Å². The van der Waals surface area contributed by atoms with Crippen LogP contribution in [0.4, 0.5) is 18.9 Å². The molecule has 6 heteroatoms. The largest absolute Gasteiger partial charge is 0.435 e. The predicted octanol–water partition coefficient (Wildman–Crippen LogP) is 2.45. The number of alkyl halides is 3. The molecule has 1 heterocycles. The van der Waals surface area contributed by atoms with Gasteiger partial charge in [0.1, 0.15) is 0 Å². The molecule has 66 valence electrons. The predicted molar refractivity (Wildman–Crippen MR) is 41.4 cm³/mol. The molecule has 0 atom stereocenters. The summed E-state index contributed by atoms with van der Waals surface area (Å²) in [5.74, 6) is 0. The molecule has 0 saturated carbocycles. The number of nitrogen functional groups attached to an aromatic ring is 1. The van der Waals surface area contributed by atoms with Crippen LogP contribution in [0.3, 0.4) is 0 Å². The van der Waals surface area contributed by atoms with E-state index >= 15 is 0 Å². The molecule has 0 spiro atoms. The molecule has 0 aliphatic carbocycles. The number of aromatic nitrogens is 1. The molecule has 0 amide bonds. The van der Waals surface area contributed by atoms with Crippen molar-refractivity contribution in [1.29, 1.82) is 0 Å². The van der Waals surface area contributed by atoms with E-state index in [0.717, 1.165) is 6.20 Å². The van der Waals surface area contributed by atoms with Crippen molar-refractivity contribution >= 4 is 21.6 Å². The Morgan fingerprint density at radius 2 is 2.00 bits per heavy atom. The lowest BCUT2D eigenvalue weighted by molar-refractivity contribution is -0.140. The average Bonchev–Trinajstić information content (AvgIpc) is 1.92. The highest BCUT2D eigenvalue weighted by atomic mass is 79.9. The fourth-order valence-corrected chi connectivity index (χ4v) is 0.982. The molecule has 0 fully saturated rings. The molecule has 12 heavy (non-hydrogen) atoms. The summed E-state index contributed by atoms with van der Waals surface area (Å²) in [5.41, 5.74) is 3.70. The van der Waals surface area contributed by atoms with Gasteiger partial charge in [-0.3, -0.25) is 0 Å². The Morgan fingerprint density at radius 3 is 2.42 bits per heavy atom. The van der Waals surface area contributed by atoms with Gasteiger partial charge in [0.15, 0.2) is 5.69 Å². The average molecular weight is 241 g/mol. The normalized spacial score (nSPS) is 11.7. The van der Waals surface area contributed by atoms with Crippen LogP contribution in [0, 0.1) is 0 Å². The summed E-state index contributed by atoms with van der Waals surface area (Å²) >= 11 is 2.87. The third kappa shape index (κ3) is 1.69. The monoisotopic (exact) mass is 240 g/mol. The molecule has 0 radical (unpaired) electrons. The Balaban J connectivity index is 3.26. The van der Waals surface area contributed by atoms with Gasteiger partial charge in [-0.25, -0.2) is 4.98 Å². The fraction of sp³-hybridized carbons (Fsp3) is 0.167. The molecule has 2 nitrogen and oxygen atoms in total. The van der Waals surface area contributed by atoms with Gasteiger partial charge < -0.3 is 5.73 Å². The van der Waals surface area contributed by atoms with Gasteiger partial charge in [0, 0.05) is 10.7 Å². The van der Waals surface area contributed by atoms with Crippen molar-refractivity contribution in [2.24, 2.45) is 0 Å². The first-order valence-corrected chi connectivity index (χ1v) is 3.69. The summed E-state index contributed by atoms with van der Waals surface area (Å²) in [6, 6.07) is 1.35. The van der Waals surface area contributed by atoms with Crippen molar-refractivity contribution in [2.45, 2.75) is 6.18 Å². The second-order valence-electron chi connectivity index (χ2n) is 2.05. The van der Waals surface area contributed by atoms with Crippen LogP contribution in [0.15, 0.2) is 16.7 Å². The van der Waals surface area contributed by atoms with Crippen LogP contribution in [-0.4, -0.2) is 4.98 Å². The van der Waals surface area contributed by atoms with Crippen LogP contribution < -0.4 is 5.73 Å². The van der Waals surface area contributed by atoms with Crippen LogP contribution in [0.5, 0.6) is 0 Å². The van der Waals surface area contributed by atoms with Crippen molar-refractivity contribution in [3.05, 3.63) is 22.4 Å². The van der Waals surface area contributed by atoms with Crippen LogP contribution in [0.25, 0.3) is 0 Å². The van der Waals surface area contributed by atoms with Gasteiger partial charge in [-0.1, -0.05) is 0 Å². The highest BCUT2D eigenvalue weighted by Crippen LogP contribution is 2.34. The molecule has 0 unspecified atom stereocenters. The maximum atomic E-state index is 12.1. The number of rotatable bonds is 0. The quantitative estimate of drug-likeness (QED) is 0.757. The Labute approximate surface area is 74.7 Å². The van der Waals surface area contributed by atoms with Crippen LogP contribution >= 0.6 is 15.9 Å². The first-order valence-electron chi connectivity index (χ1n) is 2.90. The smallest absolute Gasteiger partial charge is 0.396 e. The van der Waals surface area contributed by atoms with Crippen molar-refractivity contribution in [2.75, 3.05) is 5.73 Å². The molecule has 1 aromatic rings. The molecule has 0 aliphatic heterocycles. The Morgan fingerprint density at radius 1 is 1.42 bits per heavy atom. The van der Waals surface area contributed by atoms with E-state index in [9.17, 15) is 13.2 Å². The Bertz CT molecular complexity index is 297. The number of halogens is 4. The molecular formula is C6H4BrF3N2. The number of anilines is 1. The molecule has 0 saturated heterocycles. The van der Waals surface area contributed by atoms with E-state index in [1.165, 1.54) is 6.07 Å². The summed E-state index contributed by atoms with van der Waals surface area (Å²) in [6.07, 6.45) is -3.45. The van der Waals surface area contributed by atoms with Gasteiger partial charge in [-0.2, -0.15) is 13.2 Å². The molecule has 0 aliphatic rings. The minimum atomic E-state index is -4.49. The number of hydrogen-bond acceptors (Lipinski definition) is 2. The lowest BCUT2D eigenvalue weighted by Gasteiger charge is -2.08. The summed E-state index contributed by atoms with van der Waals surface area (Å²) < 4.78 is 36.4.